The molecular weight excluding hydrogens is 781 g/mol. The highest BCUT2D eigenvalue weighted by Crippen LogP contribution is 2.16. The number of carbonyl (C=O) groups excluding carboxylic acids is 3. The molecule has 0 N–H and O–H groups in total. The molecule has 0 aliphatic heterocycles. The quantitative estimate of drug-likeness (QED) is 0.0262. The zero-order valence-corrected chi connectivity index (χ0v) is 41.8. The molecule has 0 aromatic carbocycles. The van der Waals surface area contributed by atoms with Crippen LogP contribution in [0.5, 0.6) is 0 Å². The fraction of sp³-hybridized carbons (Fsp3) is 0.807. The van der Waals surface area contributed by atoms with Gasteiger partial charge in [0.05, 0.1) is 0 Å². The van der Waals surface area contributed by atoms with E-state index in [4.69, 9.17) is 14.2 Å². The van der Waals surface area contributed by atoms with Gasteiger partial charge < -0.3 is 14.2 Å². The molecule has 0 amide bonds. The summed E-state index contributed by atoms with van der Waals surface area (Å²) in [5, 5.41) is 0. The van der Waals surface area contributed by atoms with Gasteiger partial charge in [0.2, 0.25) is 0 Å². The summed E-state index contributed by atoms with van der Waals surface area (Å²) in [6.07, 6.45) is 62.4. The minimum atomic E-state index is -0.782. The summed E-state index contributed by atoms with van der Waals surface area (Å²) in [4.78, 5) is 38.0. The van der Waals surface area contributed by atoms with Gasteiger partial charge in [0, 0.05) is 19.3 Å². The summed E-state index contributed by atoms with van der Waals surface area (Å²) >= 11 is 0. The van der Waals surface area contributed by atoms with Gasteiger partial charge >= 0.3 is 17.9 Å². The number of unbranched alkanes of at least 4 members (excludes halogenated alkanes) is 30. The Bertz CT molecular complexity index is 1110. The predicted molar refractivity (Wildman–Crippen MR) is 270 cm³/mol. The number of hydrogen-bond donors (Lipinski definition) is 0. The number of rotatable bonds is 49. The van der Waals surface area contributed by atoms with Crippen molar-refractivity contribution in [3.63, 3.8) is 0 Å². The van der Waals surface area contributed by atoms with E-state index in [2.05, 4.69) is 69.4 Å². The Labute approximate surface area is 390 Å². The number of hydrogen-bond acceptors (Lipinski definition) is 6. The van der Waals surface area contributed by atoms with Crippen LogP contribution < -0.4 is 0 Å². The van der Waals surface area contributed by atoms with Crippen molar-refractivity contribution >= 4 is 17.9 Å². The van der Waals surface area contributed by atoms with E-state index in [0.29, 0.717) is 19.3 Å². The maximum absolute atomic E-state index is 12.8. The molecule has 0 aromatic heterocycles. The van der Waals surface area contributed by atoms with E-state index < -0.39 is 6.10 Å². The Morgan fingerprint density at radius 1 is 0.333 bits per heavy atom. The molecule has 0 bridgehead atoms. The molecule has 0 heterocycles. The van der Waals surface area contributed by atoms with E-state index in [9.17, 15) is 14.4 Å². The molecule has 0 saturated heterocycles. The van der Waals surface area contributed by atoms with Crippen LogP contribution in [0.25, 0.3) is 0 Å². The summed E-state index contributed by atoms with van der Waals surface area (Å²) in [5.74, 6) is -0.901. The van der Waals surface area contributed by atoms with Crippen molar-refractivity contribution in [1.29, 1.82) is 0 Å². The first kappa shape index (κ1) is 60.4. The van der Waals surface area contributed by atoms with E-state index >= 15 is 0 Å². The van der Waals surface area contributed by atoms with Gasteiger partial charge in [-0.2, -0.15) is 0 Å². The van der Waals surface area contributed by atoms with Crippen LogP contribution in [0.15, 0.2) is 48.6 Å². The van der Waals surface area contributed by atoms with Crippen molar-refractivity contribution < 1.29 is 28.6 Å². The summed E-state index contributed by atoms with van der Waals surface area (Å²) in [6, 6.07) is 0. The first-order chi connectivity index (χ1) is 31.0. The van der Waals surface area contributed by atoms with Crippen molar-refractivity contribution in [3.8, 4) is 0 Å². The second kappa shape index (κ2) is 52.0. The van der Waals surface area contributed by atoms with Crippen LogP contribution in [0.1, 0.15) is 278 Å². The molecule has 1 atom stereocenters. The van der Waals surface area contributed by atoms with E-state index in [1.165, 1.54) is 141 Å². The van der Waals surface area contributed by atoms with E-state index in [1.54, 1.807) is 0 Å². The van der Waals surface area contributed by atoms with Gasteiger partial charge in [-0.05, 0) is 77.0 Å². The van der Waals surface area contributed by atoms with Crippen molar-refractivity contribution in [3.05, 3.63) is 48.6 Å². The van der Waals surface area contributed by atoms with Gasteiger partial charge in [0.15, 0.2) is 6.10 Å². The lowest BCUT2D eigenvalue weighted by atomic mass is 10.0. The van der Waals surface area contributed by atoms with Crippen molar-refractivity contribution in [2.75, 3.05) is 13.2 Å². The summed E-state index contributed by atoms with van der Waals surface area (Å²) in [5.41, 5.74) is 0. The predicted octanol–water partition coefficient (Wildman–Crippen LogP) is 17.9. The largest absolute Gasteiger partial charge is 0.462 e. The Hall–Kier alpha value is -2.63. The minimum absolute atomic E-state index is 0.0822. The zero-order chi connectivity index (χ0) is 45.8. The van der Waals surface area contributed by atoms with Crippen LogP contribution in [-0.4, -0.2) is 37.2 Å². The molecule has 0 aromatic rings. The van der Waals surface area contributed by atoms with Crippen molar-refractivity contribution in [2.45, 2.75) is 284 Å². The monoisotopic (exact) mass is 883 g/mol. The number of esters is 3. The first-order valence-corrected chi connectivity index (χ1v) is 27.1. The maximum atomic E-state index is 12.8. The number of ether oxygens (including phenoxy) is 3. The molecule has 63 heavy (non-hydrogen) atoms. The Morgan fingerprint density at radius 3 is 0.984 bits per heavy atom. The van der Waals surface area contributed by atoms with Gasteiger partial charge in [-0.1, -0.05) is 230 Å². The first-order valence-electron chi connectivity index (χ1n) is 27.1. The second-order valence-electron chi connectivity index (χ2n) is 18.1. The third-order valence-electron chi connectivity index (χ3n) is 11.8. The van der Waals surface area contributed by atoms with Gasteiger partial charge in [-0.25, -0.2) is 0 Å². The second-order valence-corrected chi connectivity index (χ2v) is 18.1. The fourth-order valence-electron chi connectivity index (χ4n) is 7.75. The van der Waals surface area contributed by atoms with E-state index in [1.807, 2.05) is 0 Å². The van der Waals surface area contributed by atoms with E-state index in [0.717, 1.165) is 96.3 Å². The lowest BCUT2D eigenvalue weighted by Gasteiger charge is -2.18. The van der Waals surface area contributed by atoms with Crippen LogP contribution in [0.4, 0.5) is 0 Å². The molecule has 0 spiro atoms. The highest BCUT2D eigenvalue weighted by molar-refractivity contribution is 5.71. The summed E-state index contributed by atoms with van der Waals surface area (Å²) in [6.45, 7) is 6.52. The number of carbonyl (C=O) groups is 3. The molecule has 0 fully saturated rings. The molecule has 0 radical (unpaired) electrons. The zero-order valence-electron chi connectivity index (χ0n) is 41.8. The van der Waals surface area contributed by atoms with Crippen molar-refractivity contribution in [2.24, 2.45) is 0 Å². The summed E-state index contributed by atoms with van der Waals surface area (Å²) in [7, 11) is 0. The normalized spacial score (nSPS) is 12.4. The summed E-state index contributed by atoms with van der Waals surface area (Å²) < 4.78 is 16.8. The van der Waals surface area contributed by atoms with Gasteiger partial charge in [-0.15, -0.1) is 0 Å². The lowest BCUT2D eigenvalue weighted by Crippen LogP contribution is -2.30. The number of allylic oxidation sites excluding steroid dienone is 8. The van der Waals surface area contributed by atoms with Gasteiger partial charge in [0.25, 0.3) is 0 Å². The average Bonchev–Trinajstić information content (AvgIpc) is 3.28. The Morgan fingerprint density at radius 2 is 0.619 bits per heavy atom. The molecule has 0 saturated carbocycles. The third kappa shape index (κ3) is 50.2. The van der Waals surface area contributed by atoms with Crippen molar-refractivity contribution in [1.82, 2.24) is 0 Å². The molecule has 1 unspecified atom stereocenters. The Balaban J connectivity index is 4.39. The highest BCUT2D eigenvalue weighted by Gasteiger charge is 2.19. The molecule has 0 rings (SSSR count). The van der Waals surface area contributed by atoms with Crippen LogP contribution in [-0.2, 0) is 28.6 Å². The highest BCUT2D eigenvalue weighted by atomic mass is 16.6. The fourth-order valence-corrected chi connectivity index (χ4v) is 7.75. The average molecular weight is 883 g/mol. The van der Waals surface area contributed by atoms with E-state index in [-0.39, 0.29) is 31.1 Å². The van der Waals surface area contributed by atoms with Crippen LogP contribution >= 0.6 is 0 Å². The van der Waals surface area contributed by atoms with Gasteiger partial charge in [-0.3, -0.25) is 14.4 Å². The minimum Gasteiger partial charge on any atom is -0.462 e. The third-order valence-corrected chi connectivity index (χ3v) is 11.8. The molecule has 0 aliphatic carbocycles. The smallest absolute Gasteiger partial charge is 0.306 e. The topological polar surface area (TPSA) is 78.9 Å². The Kier molecular flexibility index (Phi) is 49.8. The standard InChI is InChI=1S/C57H102O6/c1-4-7-10-13-16-19-22-25-28-30-32-35-38-41-44-47-50-56(59)62-53-54(52-61-55(58)49-46-43-40-37-34-31-27-24-21-18-15-12-9-6-3)63-57(60)51-48-45-42-39-36-33-29-26-23-20-17-14-11-8-5-2/h9,12,18,21,27-28,30-31,54H,4-8,10-11,13-17,19-20,22-26,29,32-53H2,1-3H3/b12-9-,21-18-,30-28-,31-27-. The lowest BCUT2D eigenvalue weighted by molar-refractivity contribution is -0.167. The SMILES string of the molecule is CC/C=C\C/C=C\C/C=C\CCCCCCC(=O)OCC(COC(=O)CCCCCCC/C=C\CCCCCCCCC)OC(=O)CCCCCCCCCCCCCCCCC. The molecule has 0 aliphatic rings. The van der Waals surface area contributed by atoms with Gasteiger partial charge in [0.1, 0.15) is 13.2 Å². The molecule has 6 heteroatoms. The molecular formula is C57H102O6. The molecule has 366 valence electrons. The molecule has 6 nitrogen and oxygen atoms in total. The van der Waals surface area contributed by atoms with Crippen LogP contribution in [0.2, 0.25) is 0 Å². The van der Waals surface area contributed by atoms with Crippen LogP contribution in [0, 0.1) is 0 Å². The van der Waals surface area contributed by atoms with Crippen LogP contribution in [0.3, 0.4) is 0 Å². The maximum Gasteiger partial charge on any atom is 0.306 e.